The summed E-state index contributed by atoms with van der Waals surface area (Å²) in [5.74, 6) is 0.269. The normalized spacial score (nSPS) is 11.0. The van der Waals surface area contributed by atoms with Gasteiger partial charge in [0.15, 0.2) is 0 Å². The van der Waals surface area contributed by atoms with Gasteiger partial charge in [0.05, 0.1) is 17.7 Å². The molecule has 0 spiro atoms. The van der Waals surface area contributed by atoms with Crippen LogP contribution in [-0.2, 0) is 16.6 Å². The molecule has 150 valence electrons. The van der Waals surface area contributed by atoms with E-state index < -0.39 is 15.9 Å². The molecule has 0 atom stereocenters. The Morgan fingerprint density at radius 3 is 2.52 bits per heavy atom. The van der Waals surface area contributed by atoms with Gasteiger partial charge in [0.25, 0.3) is 15.9 Å². The summed E-state index contributed by atoms with van der Waals surface area (Å²) in [5.41, 5.74) is 1.38. The number of halogens is 1. The highest BCUT2D eigenvalue weighted by Crippen LogP contribution is 2.21. The first kappa shape index (κ1) is 20.7. The maximum Gasteiger partial charge on any atom is 0.261 e. The van der Waals surface area contributed by atoms with Crippen molar-refractivity contribution in [1.82, 2.24) is 5.32 Å². The van der Waals surface area contributed by atoms with Crippen molar-refractivity contribution in [1.29, 1.82) is 0 Å². The summed E-state index contributed by atoms with van der Waals surface area (Å²) in [6.07, 6.45) is 0. The Balaban J connectivity index is 1.75. The van der Waals surface area contributed by atoms with Crippen LogP contribution in [0.25, 0.3) is 0 Å². The molecule has 0 unspecified atom stereocenters. The van der Waals surface area contributed by atoms with E-state index in [4.69, 9.17) is 16.3 Å². The molecule has 3 aromatic carbocycles. The first-order valence-electron chi connectivity index (χ1n) is 8.67. The van der Waals surface area contributed by atoms with Crippen LogP contribution in [0.2, 0.25) is 5.02 Å². The van der Waals surface area contributed by atoms with Crippen molar-refractivity contribution in [2.24, 2.45) is 0 Å². The summed E-state index contributed by atoms with van der Waals surface area (Å²) in [5, 5.41) is 3.19. The smallest absolute Gasteiger partial charge is 0.261 e. The minimum atomic E-state index is -3.87. The van der Waals surface area contributed by atoms with Crippen LogP contribution < -0.4 is 14.8 Å². The lowest BCUT2D eigenvalue weighted by Gasteiger charge is -2.11. The van der Waals surface area contributed by atoms with E-state index in [0.717, 1.165) is 5.56 Å². The molecule has 2 N–H and O–H groups in total. The number of anilines is 1. The molecule has 0 heterocycles. The topological polar surface area (TPSA) is 84.5 Å². The number of carbonyl (C=O) groups is 1. The van der Waals surface area contributed by atoms with Crippen LogP contribution in [0.15, 0.2) is 77.7 Å². The van der Waals surface area contributed by atoms with E-state index in [-0.39, 0.29) is 17.0 Å². The van der Waals surface area contributed by atoms with Gasteiger partial charge >= 0.3 is 0 Å². The van der Waals surface area contributed by atoms with E-state index >= 15 is 0 Å². The SMILES string of the molecule is COc1ccccc1CNC(=O)c1cccc(S(=O)(=O)Nc2cccc(Cl)c2)c1. The molecule has 0 bridgehead atoms. The fourth-order valence-electron chi connectivity index (χ4n) is 2.70. The molecule has 3 aromatic rings. The van der Waals surface area contributed by atoms with Gasteiger partial charge in [-0.05, 0) is 42.5 Å². The first-order chi connectivity index (χ1) is 13.9. The lowest BCUT2D eigenvalue weighted by Crippen LogP contribution is -2.23. The van der Waals surface area contributed by atoms with Crippen molar-refractivity contribution >= 4 is 33.2 Å². The van der Waals surface area contributed by atoms with Gasteiger partial charge in [-0.1, -0.05) is 41.9 Å². The zero-order valence-corrected chi connectivity index (χ0v) is 17.1. The number of para-hydroxylation sites is 1. The van der Waals surface area contributed by atoms with Crippen LogP contribution >= 0.6 is 11.6 Å². The Labute approximate surface area is 174 Å². The zero-order chi connectivity index (χ0) is 20.9. The molecular weight excluding hydrogens is 412 g/mol. The first-order valence-corrected chi connectivity index (χ1v) is 10.5. The summed E-state index contributed by atoms with van der Waals surface area (Å²) < 4.78 is 33.0. The number of hydrogen-bond donors (Lipinski definition) is 2. The lowest BCUT2D eigenvalue weighted by atomic mass is 10.2. The van der Waals surface area contributed by atoms with Crippen LogP contribution in [0.5, 0.6) is 5.75 Å². The van der Waals surface area contributed by atoms with Crippen molar-refractivity contribution in [3.05, 3.63) is 88.9 Å². The molecule has 0 aliphatic heterocycles. The van der Waals surface area contributed by atoms with Crippen LogP contribution in [0.4, 0.5) is 5.69 Å². The minimum Gasteiger partial charge on any atom is -0.496 e. The fraction of sp³-hybridized carbons (Fsp3) is 0.0952. The summed E-state index contributed by atoms with van der Waals surface area (Å²) >= 11 is 5.90. The quantitative estimate of drug-likeness (QED) is 0.591. The summed E-state index contributed by atoms with van der Waals surface area (Å²) in [4.78, 5) is 12.5. The Bertz CT molecular complexity index is 1130. The second-order valence-electron chi connectivity index (χ2n) is 6.14. The second kappa shape index (κ2) is 8.98. The van der Waals surface area contributed by atoms with E-state index in [1.807, 2.05) is 18.2 Å². The monoisotopic (exact) mass is 430 g/mol. The van der Waals surface area contributed by atoms with Gasteiger partial charge in [-0.15, -0.1) is 0 Å². The number of sulfonamides is 1. The van der Waals surface area contributed by atoms with Gasteiger partial charge in [0.2, 0.25) is 0 Å². The lowest BCUT2D eigenvalue weighted by molar-refractivity contribution is 0.0950. The molecule has 6 nitrogen and oxygen atoms in total. The van der Waals surface area contributed by atoms with Crippen LogP contribution in [0.3, 0.4) is 0 Å². The molecular formula is C21H19ClN2O4S. The van der Waals surface area contributed by atoms with Crippen molar-refractivity contribution in [2.75, 3.05) is 11.8 Å². The maximum atomic E-state index is 12.6. The third kappa shape index (κ3) is 5.28. The number of rotatable bonds is 7. The zero-order valence-electron chi connectivity index (χ0n) is 15.6. The van der Waals surface area contributed by atoms with Gasteiger partial charge < -0.3 is 10.1 Å². The van der Waals surface area contributed by atoms with E-state index in [9.17, 15) is 13.2 Å². The van der Waals surface area contributed by atoms with Gasteiger partial charge in [-0.25, -0.2) is 8.42 Å². The number of benzene rings is 3. The van der Waals surface area contributed by atoms with Gasteiger partial charge in [0, 0.05) is 22.7 Å². The average Bonchev–Trinajstić information content (AvgIpc) is 2.72. The Morgan fingerprint density at radius 1 is 1.00 bits per heavy atom. The predicted octanol–water partition coefficient (Wildman–Crippen LogP) is 4.08. The molecule has 1 amide bonds. The Hall–Kier alpha value is -3.03. The predicted molar refractivity (Wildman–Crippen MR) is 113 cm³/mol. The number of amides is 1. The van der Waals surface area contributed by atoms with E-state index in [1.165, 1.54) is 24.3 Å². The largest absolute Gasteiger partial charge is 0.496 e. The van der Waals surface area contributed by atoms with Gasteiger partial charge in [0.1, 0.15) is 5.75 Å². The number of nitrogens with one attached hydrogen (secondary N) is 2. The van der Waals surface area contributed by atoms with Crippen molar-refractivity contribution in [3.8, 4) is 5.75 Å². The number of ether oxygens (including phenoxy) is 1. The van der Waals surface area contributed by atoms with Crippen molar-refractivity contribution < 1.29 is 17.9 Å². The molecule has 0 saturated heterocycles. The molecule has 8 heteroatoms. The second-order valence-corrected chi connectivity index (χ2v) is 8.26. The molecule has 0 saturated carbocycles. The maximum absolute atomic E-state index is 12.6. The van der Waals surface area contributed by atoms with Gasteiger partial charge in [-0.2, -0.15) is 0 Å². The van der Waals surface area contributed by atoms with Crippen LogP contribution in [-0.4, -0.2) is 21.4 Å². The molecule has 0 aliphatic carbocycles. The van der Waals surface area contributed by atoms with Crippen LogP contribution in [0.1, 0.15) is 15.9 Å². The highest BCUT2D eigenvalue weighted by atomic mass is 35.5. The Kier molecular flexibility index (Phi) is 6.41. The van der Waals surface area contributed by atoms with Crippen molar-refractivity contribution in [3.63, 3.8) is 0 Å². The van der Waals surface area contributed by atoms with E-state index in [1.54, 1.807) is 37.4 Å². The highest BCUT2D eigenvalue weighted by molar-refractivity contribution is 7.92. The summed E-state index contributed by atoms with van der Waals surface area (Å²) in [6, 6.07) is 19.5. The van der Waals surface area contributed by atoms with E-state index in [2.05, 4.69) is 10.0 Å². The van der Waals surface area contributed by atoms with Crippen LogP contribution in [0, 0.1) is 0 Å². The molecule has 0 aliphatic rings. The van der Waals surface area contributed by atoms with Gasteiger partial charge in [-0.3, -0.25) is 9.52 Å². The number of methoxy groups -OCH3 is 1. The third-order valence-electron chi connectivity index (χ3n) is 4.12. The number of hydrogen-bond acceptors (Lipinski definition) is 4. The third-order valence-corrected chi connectivity index (χ3v) is 5.73. The standard InChI is InChI=1S/C21H19ClN2O4S/c1-28-20-11-3-2-6-16(20)14-23-21(25)15-7-4-10-19(12-15)29(26,27)24-18-9-5-8-17(22)13-18/h2-13,24H,14H2,1H3,(H,23,25). The van der Waals surface area contributed by atoms with E-state index in [0.29, 0.717) is 16.5 Å². The average molecular weight is 431 g/mol. The molecule has 3 rings (SSSR count). The molecule has 0 radical (unpaired) electrons. The molecule has 0 aromatic heterocycles. The molecule has 0 fully saturated rings. The fourth-order valence-corrected chi connectivity index (χ4v) is 3.98. The Morgan fingerprint density at radius 2 is 1.76 bits per heavy atom. The van der Waals surface area contributed by atoms with Crippen molar-refractivity contribution in [2.45, 2.75) is 11.4 Å². The molecule has 29 heavy (non-hydrogen) atoms. The minimum absolute atomic E-state index is 0.0255. The summed E-state index contributed by atoms with van der Waals surface area (Å²) in [7, 11) is -2.32. The number of carbonyl (C=O) groups excluding carboxylic acids is 1. The summed E-state index contributed by atoms with van der Waals surface area (Å²) in [6.45, 7) is 0.251. The highest BCUT2D eigenvalue weighted by Gasteiger charge is 2.17.